The van der Waals surface area contributed by atoms with Crippen molar-refractivity contribution >= 4 is 22.6 Å². The molecule has 0 amide bonds. The summed E-state index contributed by atoms with van der Waals surface area (Å²) < 4.78 is 1.54. The molecule has 0 aliphatic carbocycles. The molecule has 3 N–H and O–H groups in total. The quantitative estimate of drug-likeness (QED) is 0.494. The number of guanidine groups is 1. The molecule has 0 atom stereocenters. The van der Waals surface area contributed by atoms with Gasteiger partial charge < -0.3 is 15.4 Å². The van der Waals surface area contributed by atoms with Crippen molar-refractivity contribution in [2.24, 2.45) is 15.7 Å². The van der Waals surface area contributed by atoms with E-state index in [1.807, 2.05) is 6.92 Å². The summed E-state index contributed by atoms with van der Waals surface area (Å²) in [6, 6.07) is 7.06. The largest absolute Gasteiger partial charge is 0.506 e. The molecule has 7 heteroatoms. The number of nitrogens with zero attached hydrogens (tertiary/aromatic N) is 4. The van der Waals surface area contributed by atoms with E-state index >= 15 is 0 Å². The Labute approximate surface area is 126 Å². The lowest BCUT2D eigenvalue weighted by Gasteiger charge is -2.13. The molecule has 7 nitrogen and oxygen atoms in total. The van der Waals surface area contributed by atoms with Crippen LogP contribution < -0.4 is 11.3 Å². The number of benzene rings is 1. The summed E-state index contributed by atoms with van der Waals surface area (Å²) in [6.07, 6.45) is 1.52. The van der Waals surface area contributed by atoms with Crippen LogP contribution in [0, 0.1) is 11.5 Å². The zero-order chi connectivity index (χ0) is 16.3. The molecule has 0 aliphatic rings. The van der Waals surface area contributed by atoms with Gasteiger partial charge in [-0.05, 0) is 26.0 Å². The van der Waals surface area contributed by atoms with E-state index in [0.717, 1.165) is 0 Å². The number of pyridine rings is 1. The fourth-order valence-corrected chi connectivity index (χ4v) is 2.33. The summed E-state index contributed by atoms with van der Waals surface area (Å²) in [5, 5.41) is 19.4. The normalized spacial score (nSPS) is 12.4. The minimum atomic E-state index is -0.371. The third-order valence-corrected chi connectivity index (χ3v) is 3.27. The zero-order valence-corrected chi connectivity index (χ0v) is 12.2. The van der Waals surface area contributed by atoms with E-state index in [2.05, 4.69) is 9.98 Å². The van der Waals surface area contributed by atoms with Crippen molar-refractivity contribution in [3.8, 4) is 11.9 Å². The number of aliphatic imine (C=N–C) groups is 2. The topological polar surface area (TPSA) is 117 Å². The molecule has 0 saturated carbocycles. The minimum absolute atomic E-state index is 0.0524. The van der Waals surface area contributed by atoms with Crippen LogP contribution in [0.15, 0.2) is 39.0 Å². The molecule has 112 valence electrons. The Bertz CT molecular complexity index is 887. The number of fused-ring (bicyclic) bond motifs is 1. The van der Waals surface area contributed by atoms with E-state index in [0.29, 0.717) is 17.4 Å². The third kappa shape index (κ3) is 2.54. The lowest BCUT2D eigenvalue weighted by molar-refractivity contribution is 0.477. The Morgan fingerprint density at radius 3 is 2.77 bits per heavy atom. The van der Waals surface area contributed by atoms with Gasteiger partial charge in [0, 0.05) is 11.9 Å². The summed E-state index contributed by atoms with van der Waals surface area (Å²) >= 11 is 0. The lowest BCUT2D eigenvalue weighted by atomic mass is 10.1. The van der Waals surface area contributed by atoms with Crippen LogP contribution >= 0.6 is 0 Å². The zero-order valence-electron chi connectivity index (χ0n) is 12.2. The average molecular weight is 297 g/mol. The first kappa shape index (κ1) is 15.3. The van der Waals surface area contributed by atoms with Gasteiger partial charge in [0.25, 0.3) is 5.56 Å². The maximum atomic E-state index is 12.6. The highest BCUT2D eigenvalue weighted by Crippen LogP contribution is 2.26. The van der Waals surface area contributed by atoms with Crippen molar-refractivity contribution in [3.63, 3.8) is 0 Å². The fourth-order valence-electron chi connectivity index (χ4n) is 2.33. The molecule has 0 unspecified atom stereocenters. The Hall–Kier alpha value is -3.14. The van der Waals surface area contributed by atoms with Crippen LogP contribution in [0.1, 0.15) is 19.4 Å². The number of aromatic nitrogens is 1. The summed E-state index contributed by atoms with van der Waals surface area (Å²) in [7, 11) is 0. The lowest BCUT2D eigenvalue weighted by Crippen LogP contribution is -2.26. The van der Waals surface area contributed by atoms with Crippen molar-refractivity contribution in [2.45, 2.75) is 20.4 Å². The van der Waals surface area contributed by atoms with Crippen LogP contribution in [0.25, 0.3) is 10.9 Å². The Balaban J connectivity index is 2.83. The summed E-state index contributed by atoms with van der Waals surface area (Å²) in [6.45, 7) is 3.82. The molecule has 2 aromatic rings. The molecular formula is C15H15N5O2. The van der Waals surface area contributed by atoms with Crippen LogP contribution in [0.3, 0.4) is 0 Å². The molecular weight excluding hydrogens is 282 g/mol. The van der Waals surface area contributed by atoms with Crippen molar-refractivity contribution < 1.29 is 5.11 Å². The fraction of sp³-hybridized carbons (Fsp3) is 0.200. The van der Waals surface area contributed by atoms with E-state index in [1.54, 1.807) is 28.8 Å². The molecule has 0 bridgehead atoms. The van der Waals surface area contributed by atoms with Gasteiger partial charge in [-0.15, -0.1) is 4.99 Å². The molecule has 0 saturated heterocycles. The van der Waals surface area contributed by atoms with E-state index < -0.39 is 0 Å². The number of para-hydroxylation sites is 1. The van der Waals surface area contributed by atoms with Gasteiger partial charge in [0.15, 0.2) is 0 Å². The second-order valence-electron chi connectivity index (χ2n) is 4.56. The predicted molar refractivity (Wildman–Crippen MR) is 85.0 cm³/mol. The molecule has 0 radical (unpaired) electrons. The van der Waals surface area contributed by atoms with Crippen LogP contribution in [0.5, 0.6) is 5.75 Å². The number of hydrogen-bond donors (Lipinski definition) is 2. The van der Waals surface area contributed by atoms with E-state index in [9.17, 15) is 9.90 Å². The number of hydrogen-bond acceptors (Lipinski definition) is 4. The molecule has 22 heavy (non-hydrogen) atoms. The summed E-state index contributed by atoms with van der Waals surface area (Å²) in [5.74, 6) is -0.425. The minimum Gasteiger partial charge on any atom is -0.506 e. The van der Waals surface area contributed by atoms with Crippen molar-refractivity contribution in [2.75, 3.05) is 0 Å². The van der Waals surface area contributed by atoms with Gasteiger partial charge in [-0.2, -0.15) is 5.26 Å². The number of aromatic hydroxyl groups is 1. The van der Waals surface area contributed by atoms with Crippen molar-refractivity contribution in [3.05, 3.63) is 40.2 Å². The third-order valence-electron chi connectivity index (χ3n) is 3.27. The first-order valence-electron chi connectivity index (χ1n) is 6.63. The summed E-state index contributed by atoms with van der Waals surface area (Å²) in [4.78, 5) is 19.8. The molecule has 1 aromatic heterocycles. The molecule has 1 aromatic carbocycles. The Morgan fingerprint density at radius 1 is 1.45 bits per heavy atom. The number of nitrogens with two attached hydrogens (primary N) is 1. The molecule has 2 rings (SSSR count). The standard InChI is InChI=1S/C15H15N5O2/c1-3-20-11-7-5-4-6-10(11)13(21)12(14(20)22)9(2)19-15(17)18-8-16/h4-7,21H,3H2,1-2H3,(H2,17,18)/b19-9+. The number of rotatable bonds is 2. The van der Waals surface area contributed by atoms with E-state index in [1.165, 1.54) is 13.1 Å². The highest BCUT2D eigenvalue weighted by molar-refractivity contribution is 6.09. The first-order valence-corrected chi connectivity index (χ1v) is 6.63. The van der Waals surface area contributed by atoms with Gasteiger partial charge in [0.1, 0.15) is 11.3 Å². The monoisotopic (exact) mass is 297 g/mol. The predicted octanol–water partition coefficient (Wildman–Crippen LogP) is 1.33. The Morgan fingerprint density at radius 2 is 2.14 bits per heavy atom. The van der Waals surface area contributed by atoms with Crippen LogP contribution in [0.4, 0.5) is 0 Å². The SMILES string of the molecule is CCn1c(=O)c(/C(C)=N/C(N)=NC#N)c(O)c2ccccc21. The molecule has 1 heterocycles. The van der Waals surface area contributed by atoms with Crippen molar-refractivity contribution in [1.29, 1.82) is 5.26 Å². The highest BCUT2D eigenvalue weighted by atomic mass is 16.3. The van der Waals surface area contributed by atoms with Crippen LogP contribution in [0.2, 0.25) is 0 Å². The first-order chi connectivity index (χ1) is 10.5. The smallest absolute Gasteiger partial charge is 0.263 e. The van der Waals surface area contributed by atoms with E-state index in [-0.39, 0.29) is 28.5 Å². The van der Waals surface area contributed by atoms with Gasteiger partial charge in [0.2, 0.25) is 12.2 Å². The van der Waals surface area contributed by atoms with Gasteiger partial charge >= 0.3 is 0 Å². The Kier molecular flexibility index (Phi) is 4.23. The second kappa shape index (κ2) is 6.10. The maximum absolute atomic E-state index is 12.6. The van der Waals surface area contributed by atoms with Gasteiger partial charge in [-0.25, -0.2) is 4.99 Å². The number of nitriles is 1. The van der Waals surface area contributed by atoms with Crippen LogP contribution in [-0.4, -0.2) is 21.3 Å². The van der Waals surface area contributed by atoms with Gasteiger partial charge in [0.05, 0.1) is 11.2 Å². The van der Waals surface area contributed by atoms with Crippen molar-refractivity contribution in [1.82, 2.24) is 4.57 Å². The number of aryl methyl sites for hydroxylation is 1. The van der Waals surface area contributed by atoms with Crippen LogP contribution in [-0.2, 0) is 6.54 Å². The second-order valence-corrected chi connectivity index (χ2v) is 4.56. The molecule has 0 spiro atoms. The average Bonchev–Trinajstić information content (AvgIpc) is 2.48. The molecule has 0 aliphatic heterocycles. The maximum Gasteiger partial charge on any atom is 0.263 e. The van der Waals surface area contributed by atoms with Gasteiger partial charge in [-0.1, -0.05) is 12.1 Å². The molecule has 0 fully saturated rings. The summed E-state index contributed by atoms with van der Waals surface area (Å²) in [5.41, 5.74) is 5.98. The highest BCUT2D eigenvalue weighted by Gasteiger charge is 2.17. The van der Waals surface area contributed by atoms with Gasteiger partial charge in [-0.3, -0.25) is 4.79 Å². The van der Waals surface area contributed by atoms with E-state index in [4.69, 9.17) is 11.0 Å².